The first-order valence-electron chi connectivity index (χ1n) is 9.72. The summed E-state index contributed by atoms with van der Waals surface area (Å²) in [6.07, 6.45) is 3.32. The van der Waals surface area contributed by atoms with Gasteiger partial charge in [-0.3, -0.25) is 14.5 Å². The van der Waals surface area contributed by atoms with Crippen LogP contribution in [0.25, 0.3) is 22.0 Å². The molecule has 1 aliphatic rings. The molecule has 1 amide bonds. The third-order valence-electron chi connectivity index (χ3n) is 5.54. The summed E-state index contributed by atoms with van der Waals surface area (Å²) in [4.78, 5) is 18.1. The molecule has 0 fully saturated rings. The summed E-state index contributed by atoms with van der Waals surface area (Å²) in [6.45, 7) is 2.78. The van der Waals surface area contributed by atoms with Crippen molar-refractivity contribution in [3.63, 3.8) is 0 Å². The Hall–Kier alpha value is -3.61. The van der Waals surface area contributed by atoms with E-state index in [4.69, 9.17) is 0 Å². The number of hydrogen-bond acceptors (Lipinski definition) is 3. The zero-order chi connectivity index (χ0) is 20.8. The zero-order valence-corrected chi connectivity index (χ0v) is 16.3. The molecule has 0 N–H and O–H groups in total. The molecule has 5 rings (SSSR count). The zero-order valence-electron chi connectivity index (χ0n) is 16.3. The van der Waals surface area contributed by atoms with Gasteiger partial charge < -0.3 is 4.90 Å². The van der Waals surface area contributed by atoms with E-state index >= 15 is 0 Å². The van der Waals surface area contributed by atoms with Gasteiger partial charge in [0.2, 0.25) is 0 Å². The van der Waals surface area contributed by atoms with Crippen molar-refractivity contribution in [2.75, 3.05) is 0 Å². The van der Waals surface area contributed by atoms with Crippen LogP contribution in [0, 0.1) is 11.6 Å². The van der Waals surface area contributed by atoms with Gasteiger partial charge >= 0.3 is 0 Å². The minimum Gasteiger partial charge on any atom is -0.328 e. The lowest BCUT2D eigenvalue weighted by atomic mass is 9.99. The maximum absolute atomic E-state index is 15.0. The van der Waals surface area contributed by atoms with Crippen molar-refractivity contribution in [3.05, 3.63) is 83.3 Å². The number of amides is 1. The van der Waals surface area contributed by atoms with Crippen molar-refractivity contribution in [2.45, 2.75) is 26.6 Å². The molecule has 2 aromatic carbocycles. The first kappa shape index (κ1) is 18.4. The van der Waals surface area contributed by atoms with Gasteiger partial charge in [-0.1, -0.05) is 12.1 Å². The third-order valence-corrected chi connectivity index (χ3v) is 5.54. The van der Waals surface area contributed by atoms with Crippen molar-refractivity contribution in [1.82, 2.24) is 19.7 Å². The predicted molar refractivity (Wildman–Crippen MR) is 109 cm³/mol. The molecule has 0 spiro atoms. The van der Waals surface area contributed by atoms with Crippen LogP contribution in [0.2, 0.25) is 0 Å². The summed E-state index contributed by atoms with van der Waals surface area (Å²) in [5.74, 6) is -1.62. The maximum Gasteiger partial charge on any atom is 0.256 e. The van der Waals surface area contributed by atoms with Gasteiger partial charge in [0, 0.05) is 23.7 Å². The topological polar surface area (TPSA) is 51.0 Å². The van der Waals surface area contributed by atoms with Gasteiger partial charge in [-0.25, -0.2) is 8.78 Å². The van der Waals surface area contributed by atoms with Crippen LogP contribution < -0.4 is 0 Å². The van der Waals surface area contributed by atoms with Gasteiger partial charge in [-0.05, 0) is 48.4 Å². The van der Waals surface area contributed by atoms with Gasteiger partial charge in [0.15, 0.2) is 0 Å². The molecule has 0 aliphatic carbocycles. The van der Waals surface area contributed by atoms with Gasteiger partial charge in [-0.2, -0.15) is 5.10 Å². The van der Waals surface area contributed by atoms with Crippen LogP contribution in [-0.4, -0.2) is 25.6 Å². The molecule has 0 radical (unpaired) electrons. The minimum atomic E-state index is -0.679. The summed E-state index contributed by atoms with van der Waals surface area (Å²) in [5.41, 5.74) is 3.04. The van der Waals surface area contributed by atoms with Crippen molar-refractivity contribution in [3.8, 4) is 11.1 Å². The fourth-order valence-corrected chi connectivity index (χ4v) is 4.02. The number of aryl methyl sites for hydroxylation is 1. The molecule has 2 aromatic heterocycles. The molecule has 7 heteroatoms. The van der Waals surface area contributed by atoms with Crippen LogP contribution in [0.1, 0.15) is 28.5 Å². The average molecular weight is 404 g/mol. The molecular formula is C23H18F2N4O. The Morgan fingerprint density at radius 2 is 1.83 bits per heavy atom. The average Bonchev–Trinajstić information content (AvgIpc) is 3.31. The molecule has 0 bridgehead atoms. The molecule has 0 unspecified atom stereocenters. The van der Waals surface area contributed by atoms with Crippen molar-refractivity contribution < 1.29 is 13.6 Å². The van der Waals surface area contributed by atoms with E-state index in [1.807, 2.05) is 29.8 Å². The highest BCUT2D eigenvalue weighted by molar-refractivity contribution is 5.97. The number of fused-ring (bicyclic) bond motifs is 2. The highest BCUT2D eigenvalue weighted by Gasteiger charge is 2.29. The fraction of sp³-hybridized carbons (Fsp3) is 0.174. The second-order valence-corrected chi connectivity index (χ2v) is 7.28. The molecular weight excluding hydrogens is 386 g/mol. The van der Waals surface area contributed by atoms with Crippen molar-refractivity contribution >= 4 is 16.8 Å². The SMILES string of the molecule is CCn1ncc2c(-c3cc(F)c(CN4Cc5ncccc5C4=O)c(F)c3)cccc21. The van der Waals surface area contributed by atoms with Gasteiger partial charge in [-0.15, -0.1) is 0 Å². The Morgan fingerprint density at radius 1 is 1.07 bits per heavy atom. The van der Waals surface area contributed by atoms with Gasteiger partial charge in [0.25, 0.3) is 5.91 Å². The van der Waals surface area contributed by atoms with Crippen LogP contribution in [0.15, 0.2) is 54.9 Å². The van der Waals surface area contributed by atoms with E-state index in [1.165, 1.54) is 17.0 Å². The van der Waals surface area contributed by atoms with E-state index in [0.717, 1.165) is 10.9 Å². The number of carbonyl (C=O) groups excluding carboxylic acids is 1. The molecule has 1 aliphatic heterocycles. The highest BCUT2D eigenvalue weighted by Crippen LogP contribution is 2.32. The first-order valence-corrected chi connectivity index (χ1v) is 9.72. The first-order chi connectivity index (χ1) is 14.6. The highest BCUT2D eigenvalue weighted by atomic mass is 19.1. The van der Waals surface area contributed by atoms with E-state index in [-0.39, 0.29) is 24.6 Å². The van der Waals surface area contributed by atoms with Crippen LogP contribution in [-0.2, 0) is 19.6 Å². The number of nitrogens with zero attached hydrogens (tertiary/aromatic N) is 4. The molecule has 0 saturated carbocycles. The Kier molecular flexibility index (Phi) is 4.31. The number of rotatable bonds is 4. The number of aromatic nitrogens is 3. The molecule has 0 atom stereocenters. The van der Waals surface area contributed by atoms with E-state index in [0.29, 0.717) is 28.9 Å². The Labute approximate surface area is 171 Å². The van der Waals surface area contributed by atoms with Crippen LogP contribution in [0.3, 0.4) is 0 Å². The van der Waals surface area contributed by atoms with Crippen molar-refractivity contribution in [1.29, 1.82) is 0 Å². The van der Waals surface area contributed by atoms with E-state index in [9.17, 15) is 13.6 Å². The van der Waals surface area contributed by atoms with Gasteiger partial charge in [0.1, 0.15) is 11.6 Å². The standard InChI is InChI=1S/C23H18F2N4O/c1-2-29-22-7-3-5-15(17(22)11-27-29)14-9-19(24)18(20(25)10-14)12-28-13-21-16(23(28)30)6-4-8-26-21/h3-11H,2,12-13H2,1H3. The summed E-state index contributed by atoms with van der Waals surface area (Å²) < 4.78 is 31.8. The predicted octanol–water partition coefficient (Wildman–Crippen LogP) is 4.55. The fourth-order valence-electron chi connectivity index (χ4n) is 4.02. The number of benzene rings is 2. The number of halogens is 2. The smallest absolute Gasteiger partial charge is 0.256 e. The summed E-state index contributed by atoms with van der Waals surface area (Å²) in [5, 5.41) is 5.17. The largest absolute Gasteiger partial charge is 0.328 e. The Morgan fingerprint density at radius 3 is 2.57 bits per heavy atom. The molecule has 150 valence electrons. The lowest BCUT2D eigenvalue weighted by Gasteiger charge is -2.17. The summed E-state index contributed by atoms with van der Waals surface area (Å²) >= 11 is 0. The van der Waals surface area contributed by atoms with Crippen LogP contribution in [0.5, 0.6) is 0 Å². The van der Waals surface area contributed by atoms with E-state index < -0.39 is 11.6 Å². The molecule has 30 heavy (non-hydrogen) atoms. The number of pyridine rings is 1. The monoisotopic (exact) mass is 404 g/mol. The molecule has 5 nitrogen and oxygen atoms in total. The minimum absolute atomic E-state index is 0.128. The normalized spacial score (nSPS) is 13.3. The van der Waals surface area contributed by atoms with E-state index in [1.54, 1.807) is 24.5 Å². The maximum atomic E-state index is 15.0. The summed E-state index contributed by atoms with van der Waals surface area (Å²) in [6, 6.07) is 11.6. The second kappa shape index (κ2) is 7.02. The van der Waals surface area contributed by atoms with Crippen LogP contribution in [0.4, 0.5) is 8.78 Å². The lowest BCUT2D eigenvalue weighted by molar-refractivity contribution is 0.0763. The quantitative estimate of drug-likeness (QED) is 0.501. The number of carbonyl (C=O) groups is 1. The van der Waals surface area contributed by atoms with E-state index in [2.05, 4.69) is 10.1 Å². The van der Waals surface area contributed by atoms with Crippen LogP contribution >= 0.6 is 0 Å². The Balaban J connectivity index is 1.50. The van der Waals surface area contributed by atoms with Crippen molar-refractivity contribution in [2.24, 2.45) is 0 Å². The Bertz CT molecular complexity index is 1270. The second-order valence-electron chi connectivity index (χ2n) is 7.28. The third kappa shape index (κ3) is 2.85. The number of hydrogen-bond donors (Lipinski definition) is 0. The van der Waals surface area contributed by atoms with Gasteiger partial charge in [0.05, 0.1) is 36.1 Å². The lowest BCUT2D eigenvalue weighted by Crippen LogP contribution is -2.24. The molecule has 3 heterocycles. The molecule has 4 aromatic rings. The molecule has 0 saturated heterocycles. The summed E-state index contributed by atoms with van der Waals surface area (Å²) in [7, 11) is 0.